The quantitative estimate of drug-likeness (QED) is 0.519. The number of ether oxygens (including phenoxy) is 2. The molecule has 1 aliphatic heterocycles. The van der Waals surface area contributed by atoms with Crippen LogP contribution in [0.15, 0.2) is 17.2 Å². The van der Waals surface area contributed by atoms with Crippen molar-refractivity contribution < 1.29 is 57.0 Å². The Balaban J connectivity index is 0.00000336. The molecule has 2 N–H and O–H groups in total. The number of carbonyl (C=O) groups is 2. The monoisotopic (exact) mass is 553 g/mol. The van der Waals surface area contributed by atoms with Crippen LogP contribution in [-0.2, 0) is 47.0 Å². The molecule has 1 aromatic carbocycles. The van der Waals surface area contributed by atoms with Crippen LogP contribution in [0.25, 0.3) is 4.72 Å². The van der Waals surface area contributed by atoms with Crippen molar-refractivity contribution in [1.29, 1.82) is 0 Å². The Hall–Kier alpha value is -2.28. The van der Waals surface area contributed by atoms with Crippen molar-refractivity contribution >= 4 is 27.8 Å². The van der Waals surface area contributed by atoms with E-state index in [-0.39, 0.29) is 59.4 Å². The number of nitrogens with zero attached hydrogens (tertiary/aromatic N) is 3. The summed E-state index contributed by atoms with van der Waals surface area (Å²) < 4.78 is 41.9. The van der Waals surface area contributed by atoms with E-state index in [9.17, 15) is 18.0 Å². The smallest absolute Gasteiger partial charge is 0.476 e. The number of nitrogens with one attached hydrogen (secondary N) is 2. The summed E-state index contributed by atoms with van der Waals surface area (Å²) in [6, 6.07) is 1.31. The zero-order valence-electron chi connectivity index (χ0n) is 22.3. The molecule has 11 nitrogen and oxygen atoms in total. The molecule has 0 saturated carbocycles. The minimum atomic E-state index is -4.35. The van der Waals surface area contributed by atoms with Gasteiger partial charge in [0.05, 0.1) is 19.3 Å². The molecule has 0 bridgehead atoms. The van der Waals surface area contributed by atoms with E-state index in [1.165, 1.54) is 15.8 Å². The fourth-order valence-electron chi connectivity index (χ4n) is 5.22. The molecule has 2 aromatic rings. The first kappa shape index (κ1) is 28.7. The van der Waals surface area contributed by atoms with Gasteiger partial charge in [-0.3, -0.25) is 4.79 Å². The largest absolute Gasteiger partial charge is 1.00 e. The molecule has 2 aliphatic carbocycles. The number of fused-ring (bicyclic) bond motifs is 3. The second kappa shape index (κ2) is 11.1. The van der Waals surface area contributed by atoms with E-state index in [1.807, 2.05) is 0 Å². The number of carbonyl (C=O) groups excluding carboxylic acids is 2. The van der Waals surface area contributed by atoms with Gasteiger partial charge in [-0.1, -0.05) is 6.07 Å². The maximum Gasteiger partial charge on any atom is 1.00 e. The second-order valence-electron chi connectivity index (χ2n) is 10.8. The van der Waals surface area contributed by atoms with Gasteiger partial charge in [-0.15, -0.1) is 0 Å². The van der Waals surface area contributed by atoms with Crippen molar-refractivity contribution in [1.82, 2.24) is 15.1 Å². The number of benzene rings is 1. The topological polar surface area (TPSA) is 143 Å². The molecule has 0 fully saturated rings. The van der Waals surface area contributed by atoms with Crippen molar-refractivity contribution in [3.05, 3.63) is 39.2 Å². The van der Waals surface area contributed by atoms with E-state index in [2.05, 4.69) is 26.5 Å². The molecule has 1 atom stereocenters. The number of sulfonamides is 1. The van der Waals surface area contributed by atoms with Crippen molar-refractivity contribution in [3.63, 3.8) is 0 Å². The zero-order chi connectivity index (χ0) is 26.4. The summed E-state index contributed by atoms with van der Waals surface area (Å²) in [5.41, 5.74) is 4.78. The Labute approximate surface area is 244 Å². The Morgan fingerprint density at radius 1 is 1.16 bits per heavy atom. The van der Waals surface area contributed by atoms with Crippen LogP contribution < -0.4 is 44.9 Å². The van der Waals surface area contributed by atoms with Crippen LogP contribution in [0.1, 0.15) is 55.9 Å². The average Bonchev–Trinajstić information content (AvgIpc) is 3.54. The van der Waals surface area contributed by atoms with Crippen LogP contribution in [0.3, 0.4) is 0 Å². The Morgan fingerprint density at radius 2 is 1.82 bits per heavy atom. The Morgan fingerprint density at radius 3 is 2.45 bits per heavy atom. The summed E-state index contributed by atoms with van der Waals surface area (Å²) >= 11 is 0. The van der Waals surface area contributed by atoms with Crippen LogP contribution in [0.2, 0.25) is 0 Å². The predicted molar refractivity (Wildman–Crippen MR) is 136 cm³/mol. The number of anilines is 1. The van der Waals surface area contributed by atoms with Crippen molar-refractivity contribution in [2.75, 3.05) is 18.5 Å². The van der Waals surface area contributed by atoms with Crippen LogP contribution in [0.4, 0.5) is 15.3 Å². The summed E-state index contributed by atoms with van der Waals surface area (Å²) in [7, 11) is -4.35. The number of hydrogen-bond donors (Lipinski definition) is 2. The molecule has 200 valence electrons. The number of urea groups is 1. The zero-order valence-corrected chi connectivity index (χ0v) is 25.1. The van der Waals surface area contributed by atoms with Crippen LogP contribution in [-0.4, -0.2) is 49.1 Å². The van der Waals surface area contributed by atoms with E-state index in [1.54, 1.807) is 20.8 Å². The molecule has 5 rings (SSSR count). The number of aromatic nitrogens is 2. The minimum absolute atomic E-state index is 0. The molecular formula is C25H32N5NaO6S. The van der Waals surface area contributed by atoms with Crippen LogP contribution in [0.5, 0.6) is 5.88 Å². The van der Waals surface area contributed by atoms with E-state index in [0.717, 1.165) is 61.5 Å². The van der Waals surface area contributed by atoms with Crippen LogP contribution in [0, 0.1) is 5.92 Å². The maximum atomic E-state index is 13.0. The molecule has 3 amide bonds. The van der Waals surface area contributed by atoms with Gasteiger partial charge in [0.1, 0.15) is 5.60 Å². The van der Waals surface area contributed by atoms with E-state index < -0.39 is 27.7 Å². The fourth-order valence-corrected chi connectivity index (χ4v) is 6.15. The summed E-state index contributed by atoms with van der Waals surface area (Å²) in [5, 5.41) is 9.60. The van der Waals surface area contributed by atoms with Gasteiger partial charge in [-0.2, -0.15) is 5.10 Å². The van der Waals surface area contributed by atoms with Gasteiger partial charge in [0.25, 0.3) is 0 Å². The third-order valence-corrected chi connectivity index (χ3v) is 8.01. The van der Waals surface area contributed by atoms with Gasteiger partial charge < -0.3 is 24.8 Å². The third-order valence-electron chi connectivity index (χ3n) is 6.77. The first-order chi connectivity index (χ1) is 17.5. The SMILES string of the molecule is CC(C)(C)OC(=O)NCC1COc2c(S(=O)(=O)[N-]C(=O)Nc3c4c(cc5c3CCC5)CCC4)cnn2C1.[Na+]. The number of amides is 3. The maximum absolute atomic E-state index is 13.0. The third kappa shape index (κ3) is 6.13. The number of aryl methyl sites for hydroxylation is 2. The minimum Gasteiger partial charge on any atom is -0.476 e. The fraction of sp³-hybridized carbons (Fsp3) is 0.560. The van der Waals surface area contributed by atoms with Crippen molar-refractivity contribution in [2.45, 2.75) is 76.3 Å². The number of hydrogen-bond acceptors (Lipinski definition) is 7. The van der Waals surface area contributed by atoms with Crippen molar-refractivity contribution in [2.24, 2.45) is 5.92 Å². The van der Waals surface area contributed by atoms with Gasteiger partial charge in [0, 0.05) is 12.5 Å². The molecule has 0 radical (unpaired) electrons. The predicted octanol–water partition coefficient (Wildman–Crippen LogP) is 0.692. The number of alkyl carbamates (subject to hydrolysis) is 1. The Kier molecular flexibility index (Phi) is 8.37. The molecule has 1 unspecified atom stereocenters. The molecule has 3 aliphatic rings. The first-order valence-electron chi connectivity index (χ1n) is 12.6. The molecule has 1 aromatic heterocycles. The first-order valence-corrected chi connectivity index (χ1v) is 14.0. The van der Waals surface area contributed by atoms with E-state index in [0.29, 0.717) is 6.54 Å². The van der Waals surface area contributed by atoms with Gasteiger partial charge in [-0.25, -0.2) is 17.9 Å². The molecule has 13 heteroatoms. The Bertz CT molecular complexity index is 1320. The molecular weight excluding hydrogens is 521 g/mol. The van der Waals surface area contributed by atoms with Gasteiger partial charge in [0.15, 0.2) is 10.9 Å². The van der Waals surface area contributed by atoms with Crippen LogP contribution >= 0.6 is 0 Å². The summed E-state index contributed by atoms with van der Waals surface area (Å²) in [6.45, 7) is 6.10. The molecule has 38 heavy (non-hydrogen) atoms. The molecule has 2 heterocycles. The van der Waals surface area contributed by atoms with Gasteiger partial charge >= 0.3 is 35.7 Å². The normalized spacial score (nSPS) is 17.8. The molecule has 0 spiro atoms. The molecule has 0 saturated heterocycles. The van der Waals surface area contributed by atoms with Crippen molar-refractivity contribution in [3.8, 4) is 5.88 Å². The number of rotatable bonds is 5. The summed E-state index contributed by atoms with van der Waals surface area (Å²) in [5.74, 6) is -0.107. The summed E-state index contributed by atoms with van der Waals surface area (Å²) in [4.78, 5) is 24.5. The summed E-state index contributed by atoms with van der Waals surface area (Å²) in [6.07, 6.45) is 6.30. The van der Waals surface area contributed by atoms with E-state index >= 15 is 0 Å². The van der Waals surface area contributed by atoms with Gasteiger partial charge in [-0.05, 0) is 87.2 Å². The van der Waals surface area contributed by atoms with Gasteiger partial charge in [0.2, 0.25) is 15.9 Å². The average molecular weight is 554 g/mol. The standard InChI is InChI=1S/C25H33N5O6S.Na/c1-25(2,3)36-24(32)26-11-15-13-30-22(35-14-15)20(12-27-30)37(33,34)29-23(31)28-21-18-8-4-6-16(18)10-17-7-5-9-19(17)21;/h10,12,15H,4-9,11,13-14H2,1-3H3,(H3,26,28,29,31,32);/q;+1/p-1. The van der Waals surface area contributed by atoms with E-state index in [4.69, 9.17) is 9.47 Å². The second-order valence-corrected chi connectivity index (χ2v) is 12.4.